The van der Waals surface area contributed by atoms with E-state index in [9.17, 15) is 4.79 Å². The molecule has 0 saturated carbocycles. The Morgan fingerprint density at radius 2 is 2.00 bits per heavy atom. The zero-order valence-corrected chi connectivity index (χ0v) is 14.9. The van der Waals surface area contributed by atoms with E-state index >= 15 is 0 Å². The van der Waals surface area contributed by atoms with E-state index in [2.05, 4.69) is 35.1 Å². The molecule has 0 atom stereocenters. The molecule has 3 aromatic heterocycles. The standard InChI is InChI=1S/C21H20N4O/c1-3-25-7-6-17(13-25)21(26)10-19-9-18-8-15(4-5-16(18)11-23-19)20-12-22-14-24(20)2/h4-9,11-14H,3,10H2,1-2H3. The average Bonchev–Trinajstić information content (AvgIpc) is 3.30. The first-order valence-corrected chi connectivity index (χ1v) is 8.68. The van der Waals surface area contributed by atoms with E-state index in [0.717, 1.165) is 39.8 Å². The number of imidazole rings is 1. The van der Waals surface area contributed by atoms with E-state index in [1.807, 2.05) is 53.1 Å². The minimum atomic E-state index is 0.0897. The summed E-state index contributed by atoms with van der Waals surface area (Å²) < 4.78 is 3.99. The third kappa shape index (κ3) is 3.04. The number of ketones is 1. The SMILES string of the molecule is CCn1ccc(C(=O)Cc2cc3cc(-c4cncn4C)ccc3cn2)c1. The molecule has 26 heavy (non-hydrogen) atoms. The zero-order chi connectivity index (χ0) is 18.1. The van der Waals surface area contributed by atoms with Crippen molar-refractivity contribution in [2.75, 3.05) is 0 Å². The fourth-order valence-corrected chi connectivity index (χ4v) is 3.15. The van der Waals surface area contributed by atoms with Crippen LogP contribution in [0.3, 0.4) is 0 Å². The van der Waals surface area contributed by atoms with E-state index < -0.39 is 0 Å². The quantitative estimate of drug-likeness (QED) is 0.516. The van der Waals surface area contributed by atoms with Crippen molar-refractivity contribution < 1.29 is 4.79 Å². The Balaban J connectivity index is 1.64. The number of benzene rings is 1. The van der Waals surface area contributed by atoms with Crippen molar-refractivity contribution in [2.24, 2.45) is 7.05 Å². The summed E-state index contributed by atoms with van der Waals surface area (Å²) >= 11 is 0. The van der Waals surface area contributed by atoms with Gasteiger partial charge in [-0.3, -0.25) is 9.78 Å². The fraction of sp³-hybridized carbons (Fsp3) is 0.190. The van der Waals surface area contributed by atoms with Gasteiger partial charge in [0.15, 0.2) is 5.78 Å². The molecule has 0 radical (unpaired) electrons. The van der Waals surface area contributed by atoms with Crippen LogP contribution in [0.15, 0.2) is 61.4 Å². The molecular weight excluding hydrogens is 324 g/mol. The maximum Gasteiger partial charge on any atom is 0.170 e. The lowest BCUT2D eigenvalue weighted by atomic mass is 10.0. The molecule has 130 valence electrons. The predicted octanol–water partition coefficient (Wildman–Crippen LogP) is 3.88. The van der Waals surface area contributed by atoms with Crippen molar-refractivity contribution in [3.05, 3.63) is 72.7 Å². The van der Waals surface area contributed by atoms with Crippen molar-refractivity contribution in [3.63, 3.8) is 0 Å². The van der Waals surface area contributed by atoms with Crippen LogP contribution in [0.4, 0.5) is 0 Å². The Bertz CT molecular complexity index is 1090. The second-order valence-electron chi connectivity index (χ2n) is 6.46. The summed E-state index contributed by atoms with van der Waals surface area (Å²) in [5.74, 6) is 0.0897. The molecule has 1 aromatic carbocycles. The molecule has 3 heterocycles. The molecule has 4 aromatic rings. The number of Topliss-reactive ketones (excluding diaryl/α,β-unsaturated/α-hetero) is 1. The second-order valence-corrected chi connectivity index (χ2v) is 6.46. The highest BCUT2D eigenvalue weighted by Crippen LogP contribution is 2.24. The number of nitrogens with zero attached hydrogens (tertiary/aromatic N) is 4. The van der Waals surface area contributed by atoms with E-state index in [0.29, 0.717) is 6.42 Å². The van der Waals surface area contributed by atoms with Gasteiger partial charge in [0.1, 0.15) is 0 Å². The predicted molar refractivity (Wildman–Crippen MR) is 102 cm³/mol. The largest absolute Gasteiger partial charge is 0.354 e. The second kappa shape index (κ2) is 6.59. The van der Waals surface area contributed by atoms with Gasteiger partial charge in [-0.05, 0) is 30.5 Å². The van der Waals surface area contributed by atoms with Gasteiger partial charge in [-0.2, -0.15) is 0 Å². The van der Waals surface area contributed by atoms with E-state index in [4.69, 9.17) is 0 Å². The molecule has 0 aliphatic rings. The van der Waals surface area contributed by atoms with E-state index in [-0.39, 0.29) is 5.78 Å². The molecule has 5 nitrogen and oxygen atoms in total. The monoisotopic (exact) mass is 344 g/mol. The number of hydrogen-bond donors (Lipinski definition) is 0. The van der Waals surface area contributed by atoms with Crippen LogP contribution in [0, 0.1) is 0 Å². The topological polar surface area (TPSA) is 52.7 Å². The third-order valence-corrected chi connectivity index (χ3v) is 4.67. The van der Waals surface area contributed by atoms with Gasteiger partial charge >= 0.3 is 0 Å². The molecule has 0 N–H and O–H groups in total. The Hall–Kier alpha value is -3.21. The smallest absolute Gasteiger partial charge is 0.170 e. The number of pyridine rings is 1. The number of aryl methyl sites for hydroxylation is 2. The molecule has 0 aliphatic heterocycles. The van der Waals surface area contributed by atoms with Crippen LogP contribution in [0.5, 0.6) is 0 Å². The first-order chi connectivity index (χ1) is 12.6. The van der Waals surface area contributed by atoms with Crippen LogP contribution in [0.1, 0.15) is 23.0 Å². The van der Waals surface area contributed by atoms with Crippen molar-refractivity contribution in [1.82, 2.24) is 19.1 Å². The van der Waals surface area contributed by atoms with Crippen LogP contribution >= 0.6 is 0 Å². The van der Waals surface area contributed by atoms with Crippen molar-refractivity contribution in [2.45, 2.75) is 19.9 Å². The Kier molecular flexibility index (Phi) is 4.13. The molecular formula is C21H20N4O. The zero-order valence-electron chi connectivity index (χ0n) is 14.9. The highest BCUT2D eigenvalue weighted by molar-refractivity contribution is 5.97. The summed E-state index contributed by atoms with van der Waals surface area (Å²) in [6, 6.07) is 10.1. The summed E-state index contributed by atoms with van der Waals surface area (Å²) in [5.41, 5.74) is 3.68. The van der Waals surface area contributed by atoms with Gasteiger partial charge < -0.3 is 9.13 Å². The highest BCUT2D eigenvalue weighted by atomic mass is 16.1. The van der Waals surface area contributed by atoms with Crippen LogP contribution in [-0.2, 0) is 20.0 Å². The summed E-state index contributed by atoms with van der Waals surface area (Å²) in [6.07, 6.45) is 9.61. The van der Waals surface area contributed by atoms with Gasteiger partial charge in [-0.1, -0.05) is 12.1 Å². The number of aromatic nitrogens is 4. The van der Waals surface area contributed by atoms with Crippen LogP contribution in [0.25, 0.3) is 22.0 Å². The van der Waals surface area contributed by atoms with Gasteiger partial charge in [0.2, 0.25) is 0 Å². The normalized spacial score (nSPS) is 11.2. The third-order valence-electron chi connectivity index (χ3n) is 4.67. The lowest BCUT2D eigenvalue weighted by molar-refractivity contribution is 0.0992. The Labute approximate surface area is 151 Å². The lowest BCUT2D eigenvalue weighted by Gasteiger charge is -2.06. The average molecular weight is 344 g/mol. The first kappa shape index (κ1) is 16.3. The van der Waals surface area contributed by atoms with E-state index in [1.54, 1.807) is 6.33 Å². The van der Waals surface area contributed by atoms with Crippen molar-refractivity contribution in [3.8, 4) is 11.3 Å². The van der Waals surface area contributed by atoms with Gasteiger partial charge in [0.05, 0.1) is 24.6 Å². The summed E-state index contributed by atoms with van der Waals surface area (Å²) in [6.45, 7) is 2.91. The first-order valence-electron chi connectivity index (χ1n) is 8.68. The molecule has 0 spiro atoms. The van der Waals surface area contributed by atoms with Crippen LogP contribution in [0.2, 0.25) is 0 Å². The van der Waals surface area contributed by atoms with Crippen molar-refractivity contribution >= 4 is 16.6 Å². The number of carbonyl (C=O) groups is 1. The maximum atomic E-state index is 12.5. The fourth-order valence-electron chi connectivity index (χ4n) is 3.15. The number of carbonyl (C=O) groups excluding carboxylic acids is 1. The summed E-state index contributed by atoms with van der Waals surface area (Å²) in [7, 11) is 1.98. The minimum Gasteiger partial charge on any atom is -0.354 e. The number of fused-ring (bicyclic) bond motifs is 1. The lowest BCUT2D eigenvalue weighted by Crippen LogP contribution is -2.04. The molecule has 0 unspecified atom stereocenters. The van der Waals surface area contributed by atoms with Crippen LogP contribution in [-0.4, -0.2) is 24.9 Å². The van der Waals surface area contributed by atoms with Gasteiger partial charge in [-0.15, -0.1) is 0 Å². The van der Waals surface area contributed by atoms with Gasteiger partial charge in [0, 0.05) is 54.4 Å². The highest BCUT2D eigenvalue weighted by Gasteiger charge is 2.11. The van der Waals surface area contributed by atoms with Crippen LogP contribution < -0.4 is 0 Å². The number of hydrogen-bond acceptors (Lipinski definition) is 3. The van der Waals surface area contributed by atoms with Crippen molar-refractivity contribution in [1.29, 1.82) is 0 Å². The number of rotatable bonds is 5. The Morgan fingerprint density at radius 1 is 1.12 bits per heavy atom. The molecule has 0 aliphatic carbocycles. The summed E-state index contributed by atoms with van der Waals surface area (Å²) in [4.78, 5) is 21.2. The maximum absolute atomic E-state index is 12.5. The molecule has 0 saturated heterocycles. The molecule has 4 rings (SSSR count). The molecule has 0 amide bonds. The molecule has 0 fully saturated rings. The van der Waals surface area contributed by atoms with Gasteiger partial charge in [-0.25, -0.2) is 4.98 Å². The summed E-state index contributed by atoms with van der Waals surface area (Å²) in [5, 5.41) is 2.14. The minimum absolute atomic E-state index is 0.0897. The van der Waals surface area contributed by atoms with Gasteiger partial charge in [0.25, 0.3) is 0 Å². The van der Waals surface area contributed by atoms with E-state index in [1.165, 1.54) is 0 Å². The molecule has 0 bridgehead atoms. The molecule has 5 heteroatoms. The Morgan fingerprint density at radius 3 is 2.73 bits per heavy atom.